The van der Waals surface area contributed by atoms with Gasteiger partial charge in [-0.25, -0.2) is 0 Å². The first kappa shape index (κ1) is 15.3. The molecule has 0 saturated carbocycles. The van der Waals surface area contributed by atoms with E-state index in [-0.39, 0.29) is 0 Å². The Morgan fingerprint density at radius 1 is 1.40 bits per heavy atom. The summed E-state index contributed by atoms with van der Waals surface area (Å²) in [4.78, 5) is 2.90. The standard InChI is InChI=1S/C16H24N2OS/c1-11-6-7-18(9-12(11)2)10-13-4-5-15(19-3)14(8-13)16(17)20/h4-5,8,11-12H,6-7,9-10H2,1-3H3,(H2,17,20). The van der Waals surface area contributed by atoms with Crippen molar-refractivity contribution in [3.8, 4) is 5.75 Å². The molecule has 2 unspecified atom stereocenters. The van der Waals surface area contributed by atoms with Crippen LogP contribution in [0.25, 0.3) is 0 Å². The van der Waals surface area contributed by atoms with Gasteiger partial charge in [-0.3, -0.25) is 4.90 Å². The third-order valence-corrected chi connectivity index (χ3v) is 4.57. The van der Waals surface area contributed by atoms with Crippen molar-refractivity contribution in [2.75, 3.05) is 20.2 Å². The van der Waals surface area contributed by atoms with Crippen LogP contribution in [0.15, 0.2) is 18.2 Å². The Bertz CT molecular complexity index is 489. The zero-order valence-electron chi connectivity index (χ0n) is 12.6. The Morgan fingerprint density at radius 3 is 2.75 bits per heavy atom. The van der Waals surface area contributed by atoms with Gasteiger partial charge in [-0.05, 0) is 42.5 Å². The van der Waals surface area contributed by atoms with Gasteiger partial charge < -0.3 is 10.5 Å². The Morgan fingerprint density at radius 2 is 2.15 bits per heavy atom. The van der Waals surface area contributed by atoms with Crippen LogP contribution < -0.4 is 10.5 Å². The average Bonchev–Trinajstić information content (AvgIpc) is 2.43. The van der Waals surface area contributed by atoms with Crippen molar-refractivity contribution < 1.29 is 4.74 Å². The van der Waals surface area contributed by atoms with E-state index >= 15 is 0 Å². The fourth-order valence-corrected chi connectivity index (χ4v) is 2.96. The van der Waals surface area contributed by atoms with Crippen LogP contribution in [0.1, 0.15) is 31.4 Å². The minimum Gasteiger partial charge on any atom is -0.496 e. The third-order valence-electron chi connectivity index (χ3n) is 4.35. The number of piperidine rings is 1. The lowest BCUT2D eigenvalue weighted by Crippen LogP contribution is -2.37. The number of thiocarbonyl (C=S) groups is 1. The molecule has 0 aliphatic carbocycles. The summed E-state index contributed by atoms with van der Waals surface area (Å²) in [6, 6.07) is 6.12. The Hall–Kier alpha value is -1.13. The highest BCUT2D eigenvalue weighted by atomic mass is 32.1. The maximum Gasteiger partial charge on any atom is 0.129 e. The summed E-state index contributed by atoms with van der Waals surface area (Å²) in [6.45, 7) is 7.97. The summed E-state index contributed by atoms with van der Waals surface area (Å²) < 4.78 is 5.30. The molecule has 0 aromatic heterocycles. The van der Waals surface area contributed by atoms with Gasteiger partial charge in [0, 0.05) is 13.1 Å². The molecule has 110 valence electrons. The molecule has 2 rings (SSSR count). The van der Waals surface area contributed by atoms with Gasteiger partial charge in [0.25, 0.3) is 0 Å². The normalized spacial score (nSPS) is 23.6. The molecule has 0 bridgehead atoms. The van der Waals surface area contributed by atoms with E-state index in [0.29, 0.717) is 4.99 Å². The zero-order valence-corrected chi connectivity index (χ0v) is 13.4. The number of ether oxygens (including phenoxy) is 1. The highest BCUT2D eigenvalue weighted by Crippen LogP contribution is 2.25. The van der Waals surface area contributed by atoms with Crippen LogP contribution in [-0.4, -0.2) is 30.1 Å². The van der Waals surface area contributed by atoms with Crippen LogP contribution in [0.4, 0.5) is 0 Å². The molecule has 1 saturated heterocycles. The zero-order chi connectivity index (χ0) is 14.7. The summed E-state index contributed by atoms with van der Waals surface area (Å²) in [5.41, 5.74) is 7.85. The molecular formula is C16H24N2OS. The monoisotopic (exact) mass is 292 g/mol. The summed E-state index contributed by atoms with van der Waals surface area (Å²) in [7, 11) is 1.64. The summed E-state index contributed by atoms with van der Waals surface area (Å²) in [6.07, 6.45) is 1.28. The van der Waals surface area contributed by atoms with Crippen molar-refractivity contribution in [2.24, 2.45) is 17.6 Å². The van der Waals surface area contributed by atoms with Crippen molar-refractivity contribution in [3.63, 3.8) is 0 Å². The van der Waals surface area contributed by atoms with Gasteiger partial charge in [-0.1, -0.05) is 32.1 Å². The van der Waals surface area contributed by atoms with Crippen LogP contribution >= 0.6 is 12.2 Å². The maximum atomic E-state index is 5.77. The molecule has 1 aliphatic rings. The summed E-state index contributed by atoms with van der Waals surface area (Å²) in [5.74, 6) is 2.34. The highest BCUT2D eigenvalue weighted by molar-refractivity contribution is 7.80. The molecule has 1 fully saturated rings. The van der Waals surface area contributed by atoms with E-state index in [4.69, 9.17) is 22.7 Å². The van der Waals surface area contributed by atoms with Crippen molar-refractivity contribution in [3.05, 3.63) is 29.3 Å². The number of methoxy groups -OCH3 is 1. The SMILES string of the molecule is COc1ccc(CN2CCC(C)C(C)C2)cc1C(N)=S. The molecule has 0 amide bonds. The summed E-state index contributed by atoms with van der Waals surface area (Å²) >= 11 is 5.10. The number of benzene rings is 1. The molecule has 1 aromatic carbocycles. The van der Waals surface area contributed by atoms with E-state index < -0.39 is 0 Å². The van der Waals surface area contributed by atoms with E-state index in [1.54, 1.807) is 7.11 Å². The minimum absolute atomic E-state index is 0.393. The molecule has 4 heteroatoms. The molecular weight excluding hydrogens is 268 g/mol. The minimum atomic E-state index is 0.393. The fourth-order valence-electron chi connectivity index (χ4n) is 2.80. The second-order valence-corrected chi connectivity index (χ2v) is 6.32. The van der Waals surface area contributed by atoms with Crippen LogP contribution in [0.5, 0.6) is 5.75 Å². The van der Waals surface area contributed by atoms with Gasteiger partial charge in [0.15, 0.2) is 0 Å². The van der Waals surface area contributed by atoms with E-state index in [1.807, 2.05) is 6.07 Å². The number of likely N-dealkylation sites (tertiary alicyclic amines) is 1. The predicted molar refractivity (Wildman–Crippen MR) is 87.1 cm³/mol. The smallest absolute Gasteiger partial charge is 0.129 e. The van der Waals surface area contributed by atoms with E-state index in [1.165, 1.54) is 18.5 Å². The quantitative estimate of drug-likeness (QED) is 0.866. The molecule has 20 heavy (non-hydrogen) atoms. The molecule has 0 spiro atoms. The molecule has 1 aromatic rings. The first-order valence-electron chi connectivity index (χ1n) is 7.20. The highest BCUT2D eigenvalue weighted by Gasteiger charge is 2.22. The average molecular weight is 292 g/mol. The van der Waals surface area contributed by atoms with E-state index in [9.17, 15) is 0 Å². The first-order chi connectivity index (χ1) is 9.51. The lowest BCUT2D eigenvalue weighted by atomic mass is 9.88. The van der Waals surface area contributed by atoms with Gasteiger partial charge in [-0.2, -0.15) is 0 Å². The molecule has 2 N–H and O–H groups in total. The van der Waals surface area contributed by atoms with Crippen molar-refractivity contribution in [2.45, 2.75) is 26.8 Å². The Labute approximate surface area is 127 Å². The molecule has 1 aliphatic heterocycles. The van der Waals surface area contributed by atoms with Crippen molar-refractivity contribution >= 4 is 17.2 Å². The number of nitrogens with two attached hydrogens (primary N) is 1. The fraction of sp³-hybridized carbons (Fsp3) is 0.562. The van der Waals surface area contributed by atoms with Crippen LogP contribution in [0.3, 0.4) is 0 Å². The molecule has 1 heterocycles. The number of rotatable bonds is 4. The lowest BCUT2D eigenvalue weighted by molar-refractivity contribution is 0.132. The third kappa shape index (κ3) is 3.49. The first-order valence-corrected chi connectivity index (χ1v) is 7.61. The number of hydrogen-bond acceptors (Lipinski definition) is 3. The van der Waals surface area contributed by atoms with Crippen molar-refractivity contribution in [1.82, 2.24) is 4.90 Å². The largest absolute Gasteiger partial charge is 0.496 e. The summed E-state index contributed by atoms with van der Waals surface area (Å²) in [5, 5.41) is 0. The molecule has 2 atom stereocenters. The molecule has 3 nitrogen and oxygen atoms in total. The van der Waals surface area contributed by atoms with Crippen LogP contribution in [0.2, 0.25) is 0 Å². The number of hydrogen-bond donors (Lipinski definition) is 1. The van der Waals surface area contributed by atoms with E-state index in [2.05, 4.69) is 30.9 Å². The second-order valence-electron chi connectivity index (χ2n) is 5.88. The van der Waals surface area contributed by atoms with Gasteiger partial charge in [0.05, 0.1) is 12.7 Å². The second kappa shape index (κ2) is 6.55. The van der Waals surface area contributed by atoms with Gasteiger partial charge >= 0.3 is 0 Å². The Balaban J connectivity index is 2.10. The predicted octanol–water partition coefficient (Wildman–Crippen LogP) is 2.81. The molecule has 0 radical (unpaired) electrons. The lowest BCUT2D eigenvalue weighted by Gasteiger charge is -2.35. The number of nitrogens with zero attached hydrogens (tertiary/aromatic N) is 1. The van der Waals surface area contributed by atoms with Gasteiger partial charge in [0.1, 0.15) is 10.7 Å². The van der Waals surface area contributed by atoms with Crippen LogP contribution in [-0.2, 0) is 6.54 Å². The van der Waals surface area contributed by atoms with Crippen molar-refractivity contribution in [1.29, 1.82) is 0 Å². The maximum absolute atomic E-state index is 5.77. The Kier molecular flexibility index (Phi) is 5.00. The van der Waals surface area contributed by atoms with Gasteiger partial charge in [0.2, 0.25) is 0 Å². The van der Waals surface area contributed by atoms with E-state index in [0.717, 1.165) is 36.2 Å². The topological polar surface area (TPSA) is 38.5 Å². The van der Waals surface area contributed by atoms with Crippen LogP contribution in [0, 0.1) is 11.8 Å². The van der Waals surface area contributed by atoms with Gasteiger partial charge in [-0.15, -0.1) is 0 Å².